The van der Waals surface area contributed by atoms with Crippen molar-refractivity contribution in [3.05, 3.63) is 40.7 Å². The lowest BCUT2D eigenvalue weighted by Crippen LogP contribution is -2.42. The highest BCUT2D eigenvalue weighted by Gasteiger charge is 2.31. The summed E-state index contributed by atoms with van der Waals surface area (Å²) in [5.74, 6) is -0.0529. The minimum absolute atomic E-state index is 0.0529. The van der Waals surface area contributed by atoms with E-state index in [2.05, 4.69) is 20.8 Å². The van der Waals surface area contributed by atoms with Crippen LogP contribution in [0.2, 0.25) is 0 Å². The summed E-state index contributed by atoms with van der Waals surface area (Å²) in [6, 6.07) is 5.58. The Morgan fingerprint density at radius 1 is 1.38 bits per heavy atom. The Hall–Kier alpha value is -3.10. The normalized spacial score (nSPS) is 16.9. The van der Waals surface area contributed by atoms with E-state index in [-0.39, 0.29) is 16.2 Å². The maximum Gasteiger partial charge on any atom is 0.410 e. The van der Waals surface area contributed by atoms with Crippen LogP contribution in [0.25, 0.3) is 10.9 Å². The van der Waals surface area contributed by atoms with Gasteiger partial charge in [-0.05, 0) is 52.2 Å². The second-order valence-corrected chi connectivity index (χ2v) is 12.4. The average molecular weight is 502 g/mol. The van der Waals surface area contributed by atoms with Gasteiger partial charge in [0.05, 0.1) is 28.0 Å². The van der Waals surface area contributed by atoms with Gasteiger partial charge < -0.3 is 14.6 Å². The number of likely N-dealkylation sites (tertiary alicyclic amines) is 1. The smallest absolute Gasteiger partial charge is 0.410 e. The summed E-state index contributed by atoms with van der Waals surface area (Å²) in [4.78, 5) is 21.5. The number of aryl methyl sites for hydroxylation is 1. The Balaban J connectivity index is 1.53. The average Bonchev–Trinajstić information content (AvgIpc) is 3.43. The van der Waals surface area contributed by atoms with E-state index in [0.29, 0.717) is 40.3 Å². The molecule has 0 bridgehead atoms. The number of piperidine rings is 1. The van der Waals surface area contributed by atoms with E-state index in [1.165, 1.54) is 6.20 Å². The minimum atomic E-state index is -3.89. The number of thiazole rings is 1. The molecule has 1 saturated heterocycles. The van der Waals surface area contributed by atoms with Crippen LogP contribution in [-0.4, -0.2) is 48.1 Å². The molecule has 2 aromatic heterocycles. The monoisotopic (exact) mass is 501 g/mol. The standard InChI is InChI=1S/C23H27N5O4S2/c1-14-7-8-17(20-19(14)16(10-24)11-25-20)27-34(30,31)18-12-26-21(33-18)15-6-5-9-28(13-15)22(29)32-23(2,3)4/h7-8,11-12,15,25,27H,5-6,9,13H2,1-4H3. The number of amides is 1. The summed E-state index contributed by atoms with van der Waals surface area (Å²) in [5, 5.41) is 10.7. The van der Waals surface area contributed by atoms with Crippen molar-refractivity contribution in [3.63, 3.8) is 0 Å². The molecule has 3 aromatic rings. The highest BCUT2D eigenvalue weighted by atomic mass is 32.2. The first-order valence-corrected chi connectivity index (χ1v) is 13.3. The van der Waals surface area contributed by atoms with Crippen molar-refractivity contribution in [2.75, 3.05) is 17.8 Å². The van der Waals surface area contributed by atoms with Gasteiger partial charge in [0.1, 0.15) is 11.7 Å². The number of benzene rings is 1. The van der Waals surface area contributed by atoms with Gasteiger partial charge in [-0.1, -0.05) is 6.07 Å². The molecule has 0 aliphatic carbocycles. The minimum Gasteiger partial charge on any atom is -0.444 e. The van der Waals surface area contributed by atoms with E-state index in [0.717, 1.165) is 29.7 Å². The molecule has 0 radical (unpaired) electrons. The van der Waals surface area contributed by atoms with E-state index in [1.54, 1.807) is 23.2 Å². The van der Waals surface area contributed by atoms with E-state index >= 15 is 0 Å². The molecular formula is C23H27N5O4S2. The Kier molecular flexibility index (Phi) is 6.31. The summed E-state index contributed by atoms with van der Waals surface area (Å²) < 4.78 is 34.5. The maximum atomic E-state index is 13.1. The summed E-state index contributed by atoms with van der Waals surface area (Å²) >= 11 is 1.11. The van der Waals surface area contributed by atoms with Crippen molar-refractivity contribution < 1.29 is 17.9 Å². The van der Waals surface area contributed by atoms with E-state index in [9.17, 15) is 18.5 Å². The Morgan fingerprint density at radius 3 is 2.85 bits per heavy atom. The topological polar surface area (TPSA) is 128 Å². The molecule has 180 valence electrons. The van der Waals surface area contributed by atoms with Crippen LogP contribution < -0.4 is 4.72 Å². The van der Waals surface area contributed by atoms with Crippen LogP contribution in [-0.2, 0) is 14.8 Å². The van der Waals surface area contributed by atoms with Crippen molar-refractivity contribution in [2.45, 2.75) is 56.3 Å². The molecule has 0 saturated carbocycles. The molecule has 1 atom stereocenters. The number of carbonyl (C=O) groups is 1. The molecule has 11 heteroatoms. The second kappa shape index (κ2) is 8.92. The van der Waals surface area contributed by atoms with Crippen LogP contribution in [0.1, 0.15) is 55.7 Å². The lowest BCUT2D eigenvalue weighted by atomic mass is 9.99. The zero-order valence-electron chi connectivity index (χ0n) is 19.5. The fraction of sp³-hybridized carbons (Fsp3) is 0.435. The molecule has 9 nitrogen and oxygen atoms in total. The van der Waals surface area contributed by atoms with Crippen LogP contribution in [0.4, 0.5) is 10.5 Å². The molecule has 1 aliphatic heterocycles. The van der Waals surface area contributed by atoms with Crippen LogP contribution in [0.5, 0.6) is 0 Å². The first-order chi connectivity index (χ1) is 16.0. The molecule has 1 aromatic carbocycles. The van der Waals surface area contributed by atoms with Crippen LogP contribution >= 0.6 is 11.3 Å². The molecule has 1 unspecified atom stereocenters. The van der Waals surface area contributed by atoms with Crippen molar-refractivity contribution in [1.82, 2.24) is 14.9 Å². The van der Waals surface area contributed by atoms with Gasteiger partial charge in [-0.25, -0.2) is 18.2 Å². The number of fused-ring (bicyclic) bond motifs is 1. The number of anilines is 1. The van der Waals surface area contributed by atoms with E-state index in [4.69, 9.17) is 4.74 Å². The van der Waals surface area contributed by atoms with Gasteiger partial charge in [0.15, 0.2) is 4.21 Å². The number of carbonyl (C=O) groups excluding carboxylic acids is 1. The summed E-state index contributed by atoms with van der Waals surface area (Å²) in [6.45, 7) is 8.39. The van der Waals surface area contributed by atoms with Gasteiger partial charge in [0.2, 0.25) is 0 Å². The van der Waals surface area contributed by atoms with E-state index < -0.39 is 15.6 Å². The van der Waals surface area contributed by atoms with Gasteiger partial charge in [0, 0.05) is 30.6 Å². The number of rotatable bonds is 4. The number of nitrogens with one attached hydrogen (secondary N) is 2. The highest BCUT2D eigenvalue weighted by molar-refractivity contribution is 7.94. The lowest BCUT2D eigenvalue weighted by Gasteiger charge is -2.33. The predicted octanol–water partition coefficient (Wildman–Crippen LogP) is 4.72. The number of aromatic amines is 1. The first-order valence-electron chi connectivity index (χ1n) is 11.0. The highest BCUT2D eigenvalue weighted by Crippen LogP contribution is 2.34. The lowest BCUT2D eigenvalue weighted by molar-refractivity contribution is 0.0198. The number of hydrogen-bond acceptors (Lipinski definition) is 7. The molecule has 2 N–H and O–H groups in total. The largest absolute Gasteiger partial charge is 0.444 e. The maximum absolute atomic E-state index is 13.1. The second-order valence-electron chi connectivity index (χ2n) is 9.38. The predicted molar refractivity (Wildman–Crippen MR) is 130 cm³/mol. The van der Waals surface area contributed by atoms with Gasteiger partial charge in [-0.2, -0.15) is 5.26 Å². The number of H-pyrrole nitrogens is 1. The van der Waals surface area contributed by atoms with Crippen molar-refractivity contribution >= 4 is 44.0 Å². The van der Waals surface area contributed by atoms with E-state index in [1.807, 2.05) is 27.7 Å². The quantitative estimate of drug-likeness (QED) is 0.532. The molecule has 1 fully saturated rings. The first kappa shape index (κ1) is 24.0. The zero-order valence-corrected chi connectivity index (χ0v) is 21.1. The van der Waals surface area contributed by atoms with Crippen LogP contribution in [0.15, 0.2) is 28.7 Å². The fourth-order valence-electron chi connectivity index (χ4n) is 4.04. The molecular weight excluding hydrogens is 474 g/mol. The number of sulfonamides is 1. The van der Waals surface area contributed by atoms with Crippen molar-refractivity contribution in [3.8, 4) is 6.07 Å². The van der Waals surface area contributed by atoms with Crippen molar-refractivity contribution in [2.24, 2.45) is 0 Å². The molecule has 34 heavy (non-hydrogen) atoms. The number of hydrogen-bond donors (Lipinski definition) is 2. The van der Waals surface area contributed by atoms with Gasteiger partial charge in [-0.3, -0.25) is 4.72 Å². The molecule has 3 heterocycles. The zero-order chi connectivity index (χ0) is 24.7. The molecule has 1 aliphatic rings. The Bertz CT molecular complexity index is 1380. The molecule has 4 rings (SSSR count). The third-order valence-corrected chi connectivity index (χ3v) is 8.58. The SMILES string of the molecule is Cc1ccc(NS(=O)(=O)c2cnc(C3CCCN(C(=O)OC(C)(C)C)C3)s2)c2[nH]cc(C#N)c12. The third kappa shape index (κ3) is 4.88. The van der Waals surface area contributed by atoms with Crippen molar-refractivity contribution in [1.29, 1.82) is 5.26 Å². The summed E-state index contributed by atoms with van der Waals surface area (Å²) in [7, 11) is -3.89. The van der Waals surface area contributed by atoms with Crippen LogP contribution in [0.3, 0.4) is 0 Å². The van der Waals surface area contributed by atoms with Gasteiger partial charge in [0.25, 0.3) is 10.0 Å². The number of ether oxygens (including phenoxy) is 1. The summed E-state index contributed by atoms with van der Waals surface area (Å²) in [6.07, 6.45) is 4.17. The number of aromatic nitrogens is 2. The number of nitrogens with zero attached hydrogens (tertiary/aromatic N) is 3. The van der Waals surface area contributed by atoms with Crippen LogP contribution in [0, 0.1) is 18.3 Å². The number of nitriles is 1. The molecule has 1 amide bonds. The summed E-state index contributed by atoms with van der Waals surface area (Å²) in [5.41, 5.74) is 1.69. The molecule has 0 spiro atoms. The third-order valence-electron chi connectivity index (χ3n) is 5.60. The fourth-order valence-corrected chi connectivity index (χ4v) is 6.39. The Morgan fingerprint density at radius 2 is 2.15 bits per heavy atom. The Labute approximate surface area is 202 Å². The van der Waals surface area contributed by atoms with Gasteiger partial charge >= 0.3 is 6.09 Å². The van der Waals surface area contributed by atoms with Gasteiger partial charge in [-0.15, -0.1) is 11.3 Å².